The molecule has 0 aromatic carbocycles. The molecule has 0 radical (unpaired) electrons. The molecule has 2 aliphatic heterocycles. The summed E-state index contributed by atoms with van der Waals surface area (Å²) in [6.07, 6.45) is 28.1. The van der Waals surface area contributed by atoms with E-state index in [-0.39, 0.29) is 26.4 Å². The maximum absolute atomic E-state index is 5.88. The number of rotatable bonds is 3. The van der Waals surface area contributed by atoms with Crippen molar-refractivity contribution in [3.8, 4) is 0 Å². The van der Waals surface area contributed by atoms with Gasteiger partial charge in [0, 0.05) is 25.7 Å². The molecule has 2 spiro atoms. The van der Waals surface area contributed by atoms with E-state index in [0.29, 0.717) is 0 Å². The first-order valence-corrected chi connectivity index (χ1v) is 16.3. The molecule has 0 aromatic heterocycles. The van der Waals surface area contributed by atoms with Crippen molar-refractivity contribution in [2.24, 2.45) is 35.5 Å². The monoisotopic (exact) mass is 534 g/mol. The minimum Gasteiger partial charge on any atom is -0.348 e. The Kier molecular flexibility index (Phi) is 11.5. The van der Waals surface area contributed by atoms with Crippen LogP contribution in [0.15, 0.2) is 0 Å². The first kappa shape index (κ1) is 30.8. The molecule has 2 heterocycles. The molecule has 7 aliphatic rings. The highest BCUT2D eigenvalue weighted by Gasteiger charge is 2.43. The Morgan fingerprint density at radius 3 is 0.842 bits per heavy atom. The summed E-state index contributed by atoms with van der Waals surface area (Å²) in [6.45, 7) is 3.26. The Morgan fingerprint density at radius 1 is 0.316 bits per heavy atom. The fourth-order valence-electron chi connectivity index (χ4n) is 9.62. The van der Waals surface area contributed by atoms with Gasteiger partial charge in [0.25, 0.3) is 0 Å². The molecule has 2 saturated heterocycles. The minimum atomic E-state index is -0.155. The van der Waals surface area contributed by atoms with E-state index < -0.39 is 0 Å². The van der Waals surface area contributed by atoms with Crippen molar-refractivity contribution in [2.45, 2.75) is 155 Å². The van der Waals surface area contributed by atoms with Gasteiger partial charge >= 0.3 is 0 Å². The second-order valence-corrected chi connectivity index (χ2v) is 13.7. The van der Waals surface area contributed by atoms with E-state index >= 15 is 0 Å². The zero-order valence-electron chi connectivity index (χ0n) is 23.1. The van der Waals surface area contributed by atoms with E-state index in [0.717, 1.165) is 87.6 Å². The Hall–Kier alpha value is -0.160. The van der Waals surface area contributed by atoms with E-state index in [1.807, 2.05) is 0 Å². The minimum absolute atomic E-state index is 0. The molecule has 4 nitrogen and oxygen atoms in total. The van der Waals surface area contributed by atoms with Crippen molar-refractivity contribution < 1.29 is 18.9 Å². The van der Waals surface area contributed by atoms with Gasteiger partial charge in [-0.25, -0.2) is 0 Å². The maximum atomic E-state index is 5.88. The molecular weight excluding hydrogens is 472 g/mol. The molecule has 4 heteroatoms. The van der Waals surface area contributed by atoms with Gasteiger partial charge in [0.15, 0.2) is 11.6 Å². The summed E-state index contributed by atoms with van der Waals surface area (Å²) in [5.41, 5.74) is 0. The lowest BCUT2D eigenvalue weighted by atomic mass is 9.68. The molecule has 0 N–H and O–H groups in total. The molecule has 5 saturated carbocycles. The molecule has 0 amide bonds. The summed E-state index contributed by atoms with van der Waals surface area (Å²) in [6, 6.07) is 0. The predicted molar refractivity (Wildman–Crippen MR) is 156 cm³/mol. The molecule has 0 bridgehead atoms. The second-order valence-electron chi connectivity index (χ2n) is 13.7. The van der Waals surface area contributed by atoms with Crippen LogP contribution in [0.1, 0.15) is 143 Å². The Morgan fingerprint density at radius 2 is 0.553 bits per heavy atom. The average molecular weight is 535 g/mol. The lowest BCUT2D eigenvalue weighted by molar-refractivity contribution is -0.185. The van der Waals surface area contributed by atoms with Crippen LogP contribution in [0, 0.1) is 35.5 Å². The van der Waals surface area contributed by atoms with Crippen LogP contribution in [0.5, 0.6) is 0 Å². The van der Waals surface area contributed by atoms with Crippen LogP contribution in [0.4, 0.5) is 0 Å². The van der Waals surface area contributed by atoms with Crippen LogP contribution >= 0.6 is 0 Å². The number of hydrogen-bond acceptors (Lipinski definition) is 4. The molecule has 38 heavy (non-hydrogen) atoms. The first-order valence-electron chi connectivity index (χ1n) is 16.3. The van der Waals surface area contributed by atoms with E-state index in [1.54, 1.807) is 0 Å². The third kappa shape index (κ3) is 7.18. The van der Waals surface area contributed by atoms with E-state index in [2.05, 4.69) is 0 Å². The summed E-state index contributed by atoms with van der Waals surface area (Å²) in [5.74, 6) is 5.87. The van der Waals surface area contributed by atoms with Crippen molar-refractivity contribution >= 4 is 0 Å². The molecule has 0 aromatic rings. The molecule has 7 rings (SSSR count). The van der Waals surface area contributed by atoms with Crippen LogP contribution in [0.2, 0.25) is 0 Å². The summed E-state index contributed by atoms with van der Waals surface area (Å²) in [4.78, 5) is 0. The predicted octanol–water partition coefficient (Wildman–Crippen LogP) is 9.30. The van der Waals surface area contributed by atoms with Crippen LogP contribution in [0.25, 0.3) is 0 Å². The summed E-state index contributed by atoms with van der Waals surface area (Å²) in [5, 5.41) is 0. The van der Waals surface area contributed by atoms with Crippen LogP contribution < -0.4 is 0 Å². The highest BCUT2D eigenvalue weighted by molar-refractivity contribution is 4.89. The first-order chi connectivity index (χ1) is 17.7. The maximum Gasteiger partial charge on any atom is 0.168 e. The van der Waals surface area contributed by atoms with Gasteiger partial charge < -0.3 is 18.9 Å². The molecular formula is C34H62O4. The van der Waals surface area contributed by atoms with E-state index in [9.17, 15) is 0 Å². The summed E-state index contributed by atoms with van der Waals surface area (Å²) < 4.78 is 23.3. The lowest BCUT2D eigenvalue weighted by Crippen LogP contribution is -2.37. The summed E-state index contributed by atoms with van der Waals surface area (Å²) >= 11 is 0. The molecule has 0 atom stereocenters. The Labute approximate surface area is 235 Å². The van der Waals surface area contributed by atoms with Gasteiger partial charge in [-0.05, 0) is 86.9 Å². The third-order valence-electron chi connectivity index (χ3n) is 11.8. The van der Waals surface area contributed by atoms with Crippen LogP contribution in [-0.2, 0) is 18.9 Å². The van der Waals surface area contributed by atoms with Gasteiger partial charge in [-0.15, -0.1) is 0 Å². The van der Waals surface area contributed by atoms with Crippen molar-refractivity contribution in [3.05, 3.63) is 0 Å². The topological polar surface area (TPSA) is 36.9 Å². The standard InChI is InChI=1S/C19H32O2.C13H22O2.2CH4/c1-2-4-15(3-1)16-5-7-17(8-6-16)18-9-11-19(12-10-18)20-13-14-21-19;1-2-4-11(3-1)12-5-7-13(8-6-12)14-9-10-15-13;;/h15-18H,1-14H2;11-12H,1-10H2;2*1H4. The normalized spacial score (nSPS) is 35.5. The molecule has 7 fully saturated rings. The van der Waals surface area contributed by atoms with Crippen LogP contribution in [0.3, 0.4) is 0 Å². The zero-order valence-corrected chi connectivity index (χ0v) is 23.1. The van der Waals surface area contributed by atoms with E-state index in [1.165, 1.54) is 103 Å². The second kappa shape index (κ2) is 14.1. The van der Waals surface area contributed by atoms with Gasteiger partial charge in [-0.1, -0.05) is 66.2 Å². The van der Waals surface area contributed by atoms with Crippen molar-refractivity contribution in [1.29, 1.82) is 0 Å². The Balaban J connectivity index is 0.000000176. The molecule has 0 unspecified atom stereocenters. The van der Waals surface area contributed by atoms with Gasteiger partial charge in [0.1, 0.15) is 0 Å². The summed E-state index contributed by atoms with van der Waals surface area (Å²) in [7, 11) is 0. The van der Waals surface area contributed by atoms with Gasteiger partial charge in [-0.2, -0.15) is 0 Å². The third-order valence-corrected chi connectivity index (χ3v) is 11.8. The Bertz CT molecular complexity index is 642. The van der Waals surface area contributed by atoms with Gasteiger partial charge in [0.2, 0.25) is 0 Å². The van der Waals surface area contributed by atoms with Crippen molar-refractivity contribution in [3.63, 3.8) is 0 Å². The smallest absolute Gasteiger partial charge is 0.168 e. The van der Waals surface area contributed by atoms with Crippen LogP contribution in [-0.4, -0.2) is 38.0 Å². The fraction of sp³-hybridized carbons (Fsp3) is 1.00. The zero-order chi connectivity index (χ0) is 24.3. The van der Waals surface area contributed by atoms with Gasteiger partial charge in [-0.3, -0.25) is 0 Å². The van der Waals surface area contributed by atoms with Crippen molar-refractivity contribution in [1.82, 2.24) is 0 Å². The van der Waals surface area contributed by atoms with Gasteiger partial charge in [0.05, 0.1) is 26.4 Å². The van der Waals surface area contributed by atoms with Crippen molar-refractivity contribution in [2.75, 3.05) is 26.4 Å². The number of hydrogen-bond donors (Lipinski definition) is 0. The fourth-order valence-corrected chi connectivity index (χ4v) is 9.62. The highest BCUT2D eigenvalue weighted by Crippen LogP contribution is 2.48. The molecule has 222 valence electrons. The average Bonchev–Trinajstić information content (AvgIpc) is 3.75. The SMILES string of the molecule is C.C.C1CCC(C2CCC(C3CCC4(CC3)OCCO4)CC2)C1.C1CCC(C2CCC3(CC2)OCCO3)C1. The largest absolute Gasteiger partial charge is 0.348 e. The highest BCUT2D eigenvalue weighted by atomic mass is 16.7. The lowest BCUT2D eigenvalue weighted by Gasteiger charge is -2.41. The number of ether oxygens (including phenoxy) is 4. The van der Waals surface area contributed by atoms with E-state index in [4.69, 9.17) is 18.9 Å². The molecule has 5 aliphatic carbocycles. The quantitative estimate of drug-likeness (QED) is 0.361.